The van der Waals surface area contributed by atoms with Crippen LogP contribution in [0.5, 0.6) is 0 Å². The fraction of sp³-hybridized carbons (Fsp3) is 0.600. The Balaban J connectivity index is 3.17. The Labute approximate surface area is 128 Å². The summed E-state index contributed by atoms with van der Waals surface area (Å²) in [5, 5.41) is 0. The Kier molecular flexibility index (Phi) is 6.48. The summed E-state index contributed by atoms with van der Waals surface area (Å²) in [5.41, 5.74) is 7.45. The fourth-order valence-electron chi connectivity index (χ4n) is 2.34. The standard InChI is InChI=1S/C15H27N3O2S/c1-5-12(6-2)11-18(7-3)15-10-13(8-9-14(15)16)21(19,20)17-4/h8-10,12,17H,5-7,11,16H2,1-4H3. The van der Waals surface area contributed by atoms with Crippen LogP contribution in [-0.2, 0) is 10.0 Å². The largest absolute Gasteiger partial charge is 0.397 e. The average molecular weight is 313 g/mol. The van der Waals surface area contributed by atoms with Gasteiger partial charge in [-0.3, -0.25) is 0 Å². The third-order valence-corrected chi connectivity index (χ3v) is 5.35. The number of rotatable bonds is 8. The second kappa shape index (κ2) is 7.66. The van der Waals surface area contributed by atoms with Crippen LogP contribution >= 0.6 is 0 Å². The van der Waals surface area contributed by atoms with Crippen molar-refractivity contribution >= 4 is 21.4 Å². The van der Waals surface area contributed by atoms with Crippen LogP contribution in [0.3, 0.4) is 0 Å². The molecule has 0 unspecified atom stereocenters. The second-order valence-corrected chi connectivity index (χ2v) is 7.04. The normalized spacial score (nSPS) is 11.9. The predicted octanol–water partition coefficient (Wildman–Crippen LogP) is 2.44. The molecule has 0 aliphatic heterocycles. The van der Waals surface area contributed by atoms with Crippen molar-refractivity contribution in [2.75, 3.05) is 30.8 Å². The van der Waals surface area contributed by atoms with Gasteiger partial charge in [-0.2, -0.15) is 0 Å². The Morgan fingerprint density at radius 2 is 1.86 bits per heavy atom. The lowest BCUT2D eigenvalue weighted by Crippen LogP contribution is -2.30. The van der Waals surface area contributed by atoms with Gasteiger partial charge in [-0.25, -0.2) is 13.1 Å². The molecule has 0 aliphatic rings. The summed E-state index contributed by atoms with van der Waals surface area (Å²) in [6, 6.07) is 4.86. The Morgan fingerprint density at radius 3 is 2.33 bits per heavy atom. The first-order valence-corrected chi connectivity index (χ1v) is 8.95. The molecule has 0 fully saturated rings. The van der Waals surface area contributed by atoms with E-state index in [-0.39, 0.29) is 4.90 Å². The first kappa shape index (κ1) is 17.8. The van der Waals surface area contributed by atoms with Crippen LogP contribution in [-0.4, -0.2) is 28.6 Å². The zero-order valence-corrected chi connectivity index (χ0v) is 14.2. The van der Waals surface area contributed by atoms with Crippen molar-refractivity contribution in [3.63, 3.8) is 0 Å². The van der Waals surface area contributed by atoms with Crippen molar-refractivity contribution in [3.8, 4) is 0 Å². The topological polar surface area (TPSA) is 75.4 Å². The molecule has 3 N–H and O–H groups in total. The van der Waals surface area contributed by atoms with Crippen molar-refractivity contribution in [1.82, 2.24) is 4.72 Å². The van der Waals surface area contributed by atoms with E-state index in [0.29, 0.717) is 11.6 Å². The van der Waals surface area contributed by atoms with Gasteiger partial charge in [0.25, 0.3) is 0 Å². The minimum absolute atomic E-state index is 0.247. The van der Waals surface area contributed by atoms with Gasteiger partial charge in [0.05, 0.1) is 16.3 Å². The smallest absolute Gasteiger partial charge is 0.240 e. The quantitative estimate of drug-likeness (QED) is 0.723. The highest BCUT2D eigenvalue weighted by Crippen LogP contribution is 2.28. The molecule has 1 rings (SSSR count). The number of sulfonamides is 1. The van der Waals surface area contributed by atoms with Gasteiger partial charge >= 0.3 is 0 Å². The molecule has 1 aromatic rings. The number of nitrogens with one attached hydrogen (secondary N) is 1. The van der Waals surface area contributed by atoms with E-state index in [1.54, 1.807) is 12.1 Å². The molecule has 120 valence electrons. The number of hydrogen-bond acceptors (Lipinski definition) is 4. The van der Waals surface area contributed by atoms with E-state index in [9.17, 15) is 8.42 Å². The van der Waals surface area contributed by atoms with Gasteiger partial charge < -0.3 is 10.6 Å². The zero-order chi connectivity index (χ0) is 16.0. The van der Waals surface area contributed by atoms with Gasteiger partial charge in [0, 0.05) is 13.1 Å². The van der Waals surface area contributed by atoms with Crippen molar-refractivity contribution in [1.29, 1.82) is 0 Å². The Hall–Kier alpha value is -1.27. The van der Waals surface area contributed by atoms with Gasteiger partial charge in [0.1, 0.15) is 0 Å². The van der Waals surface area contributed by atoms with Gasteiger partial charge in [-0.1, -0.05) is 26.7 Å². The monoisotopic (exact) mass is 313 g/mol. The lowest BCUT2D eigenvalue weighted by atomic mass is 10.0. The highest BCUT2D eigenvalue weighted by Gasteiger charge is 2.17. The molecule has 21 heavy (non-hydrogen) atoms. The highest BCUT2D eigenvalue weighted by molar-refractivity contribution is 7.89. The van der Waals surface area contributed by atoms with Crippen LogP contribution in [0.4, 0.5) is 11.4 Å². The molecule has 0 saturated heterocycles. The summed E-state index contributed by atoms with van der Waals surface area (Å²) in [6.45, 7) is 8.09. The van der Waals surface area contributed by atoms with E-state index in [4.69, 9.17) is 5.73 Å². The van der Waals surface area contributed by atoms with Crippen molar-refractivity contribution < 1.29 is 8.42 Å². The molecular weight excluding hydrogens is 286 g/mol. The molecule has 0 spiro atoms. The maximum atomic E-state index is 11.9. The van der Waals surface area contributed by atoms with Crippen LogP contribution in [0.1, 0.15) is 33.6 Å². The van der Waals surface area contributed by atoms with E-state index in [2.05, 4.69) is 30.4 Å². The second-order valence-electron chi connectivity index (χ2n) is 5.15. The molecular formula is C15H27N3O2S. The zero-order valence-electron chi connectivity index (χ0n) is 13.4. The van der Waals surface area contributed by atoms with E-state index in [0.717, 1.165) is 31.6 Å². The third-order valence-electron chi connectivity index (χ3n) is 3.94. The van der Waals surface area contributed by atoms with Crippen molar-refractivity contribution in [3.05, 3.63) is 18.2 Å². The van der Waals surface area contributed by atoms with Gasteiger partial charge in [0.2, 0.25) is 10.0 Å². The van der Waals surface area contributed by atoms with Crippen molar-refractivity contribution in [2.24, 2.45) is 5.92 Å². The Morgan fingerprint density at radius 1 is 1.24 bits per heavy atom. The molecule has 1 aromatic carbocycles. The average Bonchev–Trinajstić information content (AvgIpc) is 2.49. The van der Waals surface area contributed by atoms with Crippen LogP contribution in [0.2, 0.25) is 0 Å². The number of anilines is 2. The number of nitrogens with two attached hydrogens (primary N) is 1. The number of nitrogen functional groups attached to an aromatic ring is 1. The molecule has 0 radical (unpaired) electrons. The SMILES string of the molecule is CCC(CC)CN(CC)c1cc(S(=O)(=O)NC)ccc1N. The molecule has 6 heteroatoms. The highest BCUT2D eigenvalue weighted by atomic mass is 32.2. The maximum absolute atomic E-state index is 11.9. The number of benzene rings is 1. The number of nitrogens with zero attached hydrogens (tertiary/aromatic N) is 1. The van der Waals surface area contributed by atoms with E-state index >= 15 is 0 Å². The maximum Gasteiger partial charge on any atom is 0.240 e. The minimum atomic E-state index is -3.45. The summed E-state index contributed by atoms with van der Waals surface area (Å²) in [5.74, 6) is 0.578. The lowest BCUT2D eigenvalue weighted by Gasteiger charge is -2.29. The third kappa shape index (κ3) is 4.35. The molecule has 0 atom stereocenters. The van der Waals surface area contributed by atoms with Crippen molar-refractivity contribution in [2.45, 2.75) is 38.5 Å². The lowest BCUT2D eigenvalue weighted by molar-refractivity contribution is 0.486. The molecule has 0 saturated carbocycles. The number of hydrogen-bond donors (Lipinski definition) is 2. The van der Waals surface area contributed by atoms with E-state index in [1.807, 2.05) is 0 Å². The first-order chi connectivity index (χ1) is 9.89. The fourth-order valence-corrected chi connectivity index (χ4v) is 3.09. The predicted molar refractivity (Wildman–Crippen MR) is 89.1 cm³/mol. The van der Waals surface area contributed by atoms with Crippen LogP contribution in [0, 0.1) is 5.92 Å². The molecule has 0 aliphatic carbocycles. The molecule has 0 aromatic heterocycles. The van der Waals surface area contributed by atoms with Crippen LogP contribution < -0.4 is 15.4 Å². The summed E-state index contributed by atoms with van der Waals surface area (Å²) in [6.07, 6.45) is 2.20. The minimum Gasteiger partial charge on any atom is -0.397 e. The van der Waals surface area contributed by atoms with Crippen LogP contribution in [0.15, 0.2) is 23.1 Å². The Bertz CT molecular complexity index is 554. The molecule has 5 nitrogen and oxygen atoms in total. The van der Waals surface area contributed by atoms with Gasteiger partial charge in [-0.05, 0) is 38.1 Å². The first-order valence-electron chi connectivity index (χ1n) is 7.47. The molecule has 0 amide bonds. The summed E-state index contributed by atoms with van der Waals surface area (Å²) < 4.78 is 26.2. The van der Waals surface area contributed by atoms with Crippen LogP contribution in [0.25, 0.3) is 0 Å². The molecule has 0 bridgehead atoms. The van der Waals surface area contributed by atoms with E-state index < -0.39 is 10.0 Å². The van der Waals surface area contributed by atoms with Gasteiger partial charge in [-0.15, -0.1) is 0 Å². The molecule has 0 heterocycles. The van der Waals surface area contributed by atoms with E-state index in [1.165, 1.54) is 13.1 Å². The summed E-state index contributed by atoms with van der Waals surface area (Å²) in [4.78, 5) is 2.40. The summed E-state index contributed by atoms with van der Waals surface area (Å²) in [7, 11) is -2.04. The summed E-state index contributed by atoms with van der Waals surface area (Å²) >= 11 is 0. The van der Waals surface area contributed by atoms with Gasteiger partial charge in [0.15, 0.2) is 0 Å².